The zero-order valence-electron chi connectivity index (χ0n) is 10.7. The van der Waals surface area contributed by atoms with Crippen LogP contribution in [0.3, 0.4) is 0 Å². The lowest BCUT2D eigenvalue weighted by molar-refractivity contribution is 0.452. The predicted octanol–water partition coefficient (Wildman–Crippen LogP) is 1.89. The first-order chi connectivity index (χ1) is 9.02. The molecule has 0 spiro atoms. The first-order valence-corrected chi connectivity index (χ1v) is 8.48. The Bertz CT molecular complexity index is 533. The normalized spacial score (nSPS) is 23.7. The molecule has 1 fully saturated rings. The summed E-state index contributed by atoms with van der Waals surface area (Å²) in [5.41, 5.74) is 6.29. The Kier molecular flexibility index (Phi) is 4.84. The topological polar surface area (TPSA) is 72.2 Å². The molecule has 0 radical (unpaired) electrons. The van der Waals surface area contributed by atoms with Gasteiger partial charge in [-0.05, 0) is 36.9 Å². The van der Waals surface area contributed by atoms with Crippen LogP contribution in [0.5, 0.6) is 0 Å². The number of benzene rings is 1. The van der Waals surface area contributed by atoms with Gasteiger partial charge in [-0.15, -0.1) is 0 Å². The highest BCUT2D eigenvalue weighted by Gasteiger charge is 2.29. The van der Waals surface area contributed by atoms with Gasteiger partial charge in [-0.1, -0.05) is 36.2 Å². The monoisotopic (exact) mass is 302 g/mol. The smallest absolute Gasteiger partial charge is 0.216 e. The highest BCUT2D eigenvalue weighted by Crippen LogP contribution is 2.26. The third-order valence-corrected chi connectivity index (χ3v) is 5.32. The second-order valence-electron chi connectivity index (χ2n) is 5.00. The maximum Gasteiger partial charge on any atom is 0.216 e. The fraction of sp³-hybridized carbons (Fsp3) is 0.538. The standard InChI is InChI=1S/C13H19ClN2O2S/c14-12-6-2-1-4-11(12)9-19(17,18)16-13-7-3-5-10(13)8-15/h1-2,4,6,10,13,16H,3,5,7-9,15H2/t10-,13+/m0/s1. The van der Waals surface area contributed by atoms with E-state index < -0.39 is 10.0 Å². The summed E-state index contributed by atoms with van der Waals surface area (Å²) in [5.74, 6) is 0.168. The Morgan fingerprint density at radius 2 is 2.05 bits per heavy atom. The van der Waals surface area contributed by atoms with E-state index in [1.54, 1.807) is 24.3 Å². The largest absolute Gasteiger partial charge is 0.330 e. The molecule has 0 saturated heterocycles. The van der Waals surface area contributed by atoms with E-state index in [0.29, 0.717) is 17.1 Å². The molecule has 1 aliphatic rings. The number of hydrogen-bond acceptors (Lipinski definition) is 3. The van der Waals surface area contributed by atoms with Crippen molar-refractivity contribution in [1.29, 1.82) is 0 Å². The van der Waals surface area contributed by atoms with Crippen LogP contribution in [0.1, 0.15) is 24.8 Å². The first kappa shape index (κ1) is 14.8. The van der Waals surface area contributed by atoms with Gasteiger partial charge < -0.3 is 5.73 Å². The van der Waals surface area contributed by atoms with Gasteiger partial charge in [-0.3, -0.25) is 0 Å². The first-order valence-electron chi connectivity index (χ1n) is 6.45. The molecule has 0 unspecified atom stereocenters. The van der Waals surface area contributed by atoms with Gasteiger partial charge in [0.2, 0.25) is 10.0 Å². The second kappa shape index (κ2) is 6.22. The van der Waals surface area contributed by atoms with Crippen molar-refractivity contribution in [3.05, 3.63) is 34.9 Å². The van der Waals surface area contributed by atoms with Crippen LogP contribution in [0.25, 0.3) is 0 Å². The maximum absolute atomic E-state index is 12.2. The number of nitrogens with one attached hydrogen (secondary N) is 1. The molecule has 106 valence electrons. The summed E-state index contributed by atoms with van der Waals surface area (Å²) in [6.45, 7) is 0.527. The molecule has 0 heterocycles. The average molecular weight is 303 g/mol. The summed E-state index contributed by atoms with van der Waals surface area (Å²) in [4.78, 5) is 0. The Morgan fingerprint density at radius 3 is 2.74 bits per heavy atom. The van der Waals surface area contributed by atoms with Crippen LogP contribution in [-0.4, -0.2) is 21.0 Å². The van der Waals surface area contributed by atoms with Gasteiger partial charge in [0.15, 0.2) is 0 Å². The van der Waals surface area contributed by atoms with Crippen LogP contribution in [-0.2, 0) is 15.8 Å². The molecule has 1 aromatic carbocycles. The molecule has 2 rings (SSSR count). The number of rotatable bonds is 5. The van der Waals surface area contributed by atoms with Crippen molar-refractivity contribution in [3.8, 4) is 0 Å². The van der Waals surface area contributed by atoms with Crippen LogP contribution in [0.15, 0.2) is 24.3 Å². The lowest BCUT2D eigenvalue weighted by Crippen LogP contribution is -2.40. The Hall–Kier alpha value is -0.620. The molecule has 0 amide bonds. The third-order valence-electron chi connectivity index (χ3n) is 3.60. The van der Waals surface area contributed by atoms with Crippen LogP contribution in [0.2, 0.25) is 5.02 Å². The zero-order valence-corrected chi connectivity index (χ0v) is 12.3. The summed E-state index contributed by atoms with van der Waals surface area (Å²) >= 11 is 5.99. The van der Waals surface area contributed by atoms with Gasteiger partial charge in [0, 0.05) is 11.1 Å². The van der Waals surface area contributed by atoms with Gasteiger partial charge in [-0.25, -0.2) is 13.1 Å². The highest BCUT2D eigenvalue weighted by molar-refractivity contribution is 7.88. The fourth-order valence-electron chi connectivity index (χ4n) is 2.57. The van der Waals surface area contributed by atoms with Gasteiger partial charge in [0.25, 0.3) is 0 Å². The molecule has 4 nitrogen and oxygen atoms in total. The number of halogens is 1. The molecule has 3 N–H and O–H groups in total. The number of hydrogen-bond donors (Lipinski definition) is 2. The van der Waals surface area contributed by atoms with E-state index in [4.69, 9.17) is 17.3 Å². The minimum atomic E-state index is -3.37. The molecular weight excluding hydrogens is 284 g/mol. The predicted molar refractivity (Wildman–Crippen MR) is 77.4 cm³/mol. The summed E-state index contributed by atoms with van der Waals surface area (Å²) < 4.78 is 27.1. The Labute approximate surface area is 119 Å². The summed E-state index contributed by atoms with van der Waals surface area (Å²) in [6, 6.07) is 6.97. The lowest BCUT2D eigenvalue weighted by atomic mass is 10.1. The van der Waals surface area contributed by atoms with E-state index in [0.717, 1.165) is 19.3 Å². The molecule has 2 atom stereocenters. The minimum absolute atomic E-state index is 0.0301. The van der Waals surface area contributed by atoms with Crippen molar-refractivity contribution in [3.63, 3.8) is 0 Å². The SMILES string of the molecule is NC[C@@H]1CCC[C@H]1NS(=O)(=O)Cc1ccccc1Cl. The van der Waals surface area contributed by atoms with E-state index in [2.05, 4.69) is 4.72 Å². The molecule has 0 aromatic heterocycles. The number of sulfonamides is 1. The third kappa shape index (κ3) is 3.92. The highest BCUT2D eigenvalue weighted by atomic mass is 35.5. The van der Waals surface area contributed by atoms with Gasteiger partial charge in [0.1, 0.15) is 0 Å². The average Bonchev–Trinajstić information content (AvgIpc) is 2.78. The van der Waals surface area contributed by atoms with Crippen LogP contribution < -0.4 is 10.5 Å². The van der Waals surface area contributed by atoms with Crippen molar-refractivity contribution in [2.45, 2.75) is 31.1 Å². The summed E-state index contributed by atoms with van der Waals surface area (Å²) in [7, 11) is -3.37. The summed E-state index contributed by atoms with van der Waals surface area (Å²) in [6.07, 6.45) is 2.89. The molecule has 1 aromatic rings. The van der Waals surface area contributed by atoms with Crippen molar-refractivity contribution < 1.29 is 8.42 Å². The Morgan fingerprint density at radius 1 is 1.32 bits per heavy atom. The van der Waals surface area contributed by atoms with Crippen molar-refractivity contribution >= 4 is 21.6 Å². The number of nitrogens with two attached hydrogens (primary N) is 1. The quantitative estimate of drug-likeness (QED) is 0.872. The van der Waals surface area contributed by atoms with E-state index in [1.807, 2.05) is 0 Å². The maximum atomic E-state index is 12.2. The van der Waals surface area contributed by atoms with Gasteiger partial charge >= 0.3 is 0 Å². The molecule has 6 heteroatoms. The second-order valence-corrected chi connectivity index (χ2v) is 7.16. The van der Waals surface area contributed by atoms with E-state index in [-0.39, 0.29) is 17.7 Å². The van der Waals surface area contributed by atoms with Crippen LogP contribution in [0.4, 0.5) is 0 Å². The molecule has 1 saturated carbocycles. The van der Waals surface area contributed by atoms with Crippen LogP contribution in [0, 0.1) is 5.92 Å². The van der Waals surface area contributed by atoms with Gasteiger partial charge in [-0.2, -0.15) is 0 Å². The minimum Gasteiger partial charge on any atom is -0.330 e. The van der Waals surface area contributed by atoms with E-state index in [1.165, 1.54) is 0 Å². The molecule has 1 aliphatic carbocycles. The van der Waals surface area contributed by atoms with E-state index in [9.17, 15) is 8.42 Å². The van der Waals surface area contributed by atoms with Crippen molar-refractivity contribution in [1.82, 2.24) is 4.72 Å². The molecule has 19 heavy (non-hydrogen) atoms. The Balaban J connectivity index is 2.05. The molecule has 0 aliphatic heterocycles. The van der Waals surface area contributed by atoms with E-state index >= 15 is 0 Å². The zero-order chi connectivity index (χ0) is 13.9. The summed E-state index contributed by atoms with van der Waals surface area (Å²) in [5, 5.41) is 0.481. The fourth-order valence-corrected chi connectivity index (χ4v) is 4.36. The van der Waals surface area contributed by atoms with Crippen LogP contribution >= 0.6 is 11.6 Å². The molecular formula is C13H19ClN2O2S. The lowest BCUT2D eigenvalue weighted by Gasteiger charge is -2.19. The van der Waals surface area contributed by atoms with Gasteiger partial charge in [0.05, 0.1) is 5.75 Å². The van der Waals surface area contributed by atoms with Crippen molar-refractivity contribution in [2.75, 3.05) is 6.54 Å². The van der Waals surface area contributed by atoms with Crippen molar-refractivity contribution in [2.24, 2.45) is 11.7 Å². The molecule has 0 bridgehead atoms.